The first-order valence-corrected chi connectivity index (χ1v) is 16.3. The lowest BCUT2D eigenvalue weighted by Gasteiger charge is -2.32. The molecule has 2 aliphatic rings. The van der Waals surface area contributed by atoms with Crippen molar-refractivity contribution in [1.82, 2.24) is 20.1 Å². The largest absolute Gasteiger partial charge is 0.451 e. The summed E-state index contributed by atoms with van der Waals surface area (Å²) in [7, 11) is 4.90. The van der Waals surface area contributed by atoms with E-state index in [4.69, 9.17) is 14.2 Å². The molecule has 3 rings (SSSR count). The fraction of sp³-hybridized carbons (Fsp3) is 0.727. The first-order valence-electron chi connectivity index (χ1n) is 16.3. The van der Waals surface area contributed by atoms with Crippen LogP contribution in [0.1, 0.15) is 65.4 Å². The molecule has 1 saturated heterocycles. The number of rotatable bonds is 17. The molecule has 1 N–H and O–H groups in total. The summed E-state index contributed by atoms with van der Waals surface area (Å²) in [4.78, 5) is 63.2. The number of carbonyl (C=O) groups is 4. The van der Waals surface area contributed by atoms with Gasteiger partial charge in [-0.25, -0.2) is 9.78 Å². The van der Waals surface area contributed by atoms with Crippen LogP contribution in [0.2, 0.25) is 0 Å². The van der Waals surface area contributed by atoms with Crippen LogP contribution in [0.5, 0.6) is 0 Å². The van der Waals surface area contributed by atoms with Gasteiger partial charge in [-0.1, -0.05) is 39.7 Å². The van der Waals surface area contributed by atoms with Gasteiger partial charge in [0, 0.05) is 46.3 Å². The molecule has 1 aromatic heterocycles. The van der Waals surface area contributed by atoms with Crippen LogP contribution >= 0.6 is 0 Å². The number of pyridine rings is 1. The summed E-state index contributed by atoms with van der Waals surface area (Å²) in [6.45, 7) is 10.7. The number of hydrogen-bond donors (Lipinski definition) is 1. The third-order valence-electron chi connectivity index (χ3n) is 8.36. The number of esters is 2. The number of aromatic nitrogens is 1. The minimum atomic E-state index is -1.19. The molecule has 0 spiro atoms. The van der Waals surface area contributed by atoms with Gasteiger partial charge >= 0.3 is 11.9 Å². The van der Waals surface area contributed by atoms with Crippen molar-refractivity contribution in [3.63, 3.8) is 0 Å². The quantitative estimate of drug-likeness (QED) is 0.256. The van der Waals surface area contributed by atoms with Crippen LogP contribution in [0, 0.1) is 11.8 Å². The topological polar surface area (TPSA) is 131 Å². The molecular weight excluding hydrogens is 578 g/mol. The Morgan fingerprint density at radius 2 is 1.73 bits per heavy atom. The first kappa shape index (κ1) is 36.2. The van der Waals surface area contributed by atoms with Gasteiger partial charge in [0.2, 0.25) is 0 Å². The second-order valence-corrected chi connectivity index (χ2v) is 12.7. The number of nitrogens with zero attached hydrogens (tertiary/aromatic N) is 4. The Bertz CT molecular complexity index is 1120. The summed E-state index contributed by atoms with van der Waals surface area (Å²) in [5, 5.41) is 3.03. The molecule has 45 heavy (non-hydrogen) atoms. The Kier molecular flexibility index (Phi) is 14.0. The van der Waals surface area contributed by atoms with Crippen molar-refractivity contribution in [3.05, 3.63) is 23.9 Å². The lowest BCUT2D eigenvalue weighted by Crippen LogP contribution is -2.51. The third-order valence-corrected chi connectivity index (χ3v) is 8.36. The van der Waals surface area contributed by atoms with Gasteiger partial charge in [0.05, 0.1) is 13.2 Å². The van der Waals surface area contributed by atoms with Gasteiger partial charge in [-0.3, -0.25) is 14.4 Å². The molecular formula is C33H53N5O7. The Labute approximate surface area is 268 Å². The molecule has 12 nitrogen and oxygen atoms in total. The zero-order valence-corrected chi connectivity index (χ0v) is 28.1. The average molecular weight is 632 g/mol. The highest BCUT2D eigenvalue weighted by atomic mass is 16.6. The summed E-state index contributed by atoms with van der Waals surface area (Å²) in [6, 6.07) is 2.26. The zero-order valence-electron chi connectivity index (χ0n) is 28.1. The number of nitrogens with one attached hydrogen (secondary N) is 1. The molecule has 252 valence electrons. The minimum absolute atomic E-state index is 0.0386. The summed E-state index contributed by atoms with van der Waals surface area (Å²) in [5.41, 5.74) is 0.718. The maximum atomic E-state index is 14.1. The molecule has 1 aliphatic heterocycles. The number of likely N-dealkylation sites (N-methyl/N-ethyl adjacent to an activating group) is 3. The van der Waals surface area contributed by atoms with Crippen molar-refractivity contribution in [2.45, 2.75) is 90.5 Å². The fourth-order valence-electron chi connectivity index (χ4n) is 5.45. The van der Waals surface area contributed by atoms with Crippen LogP contribution in [0.25, 0.3) is 0 Å². The smallest absolute Gasteiger partial charge is 0.329 e. The zero-order chi connectivity index (χ0) is 33.1. The number of carbonyl (C=O) groups excluding carboxylic acids is 4. The summed E-state index contributed by atoms with van der Waals surface area (Å²) < 4.78 is 17.0. The van der Waals surface area contributed by atoms with E-state index in [1.54, 1.807) is 20.3 Å². The van der Waals surface area contributed by atoms with Gasteiger partial charge in [-0.2, -0.15) is 0 Å². The second-order valence-electron chi connectivity index (χ2n) is 12.7. The van der Waals surface area contributed by atoms with Crippen LogP contribution in [0.4, 0.5) is 5.82 Å². The van der Waals surface area contributed by atoms with Crippen LogP contribution in [-0.2, 0) is 39.8 Å². The number of anilines is 1. The molecule has 2 amide bonds. The van der Waals surface area contributed by atoms with E-state index in [2.05, 4.69) is 15.2 Å². The first-order chi connectivity index (χ1) is 21.4. The fourth-order valence-corrected chi connectivity index (χ4v) is 5.45. The van der Waals surface area contributed by atoms with Gasteiger partial charge in [-0.15, -0.1) is 0 Å². The van der Waals surface area contributed by atoms with Gasteiger partial charge < -0.3 is 34.2 Å². The SMILES string of the molecule is CCCN(C)C(=O)[C@@H](C)OC(=O)[C@H](CC(C)C)N(C)C(=O)[C@@H](Cc1ccc(N2CCOCC2)nc1)OC(=O)[C@H](CC1CC1)NC. The standard InChI is InChI=1S/C33H53N5O7/c1-8-13-36(6)30(39)23(4)44-33(42)27(18-22(2)3)37(7)31(40)28(45-32(41)26(34-5)19-24-9-10-24)20-25-11-12-29(35-21-25)38-14-16-43-17-15-38/h11-12,21-24,26-28,34H,8-10,13-20H2,1-7H3/t23-,26+,27+,28-/m1/s1. The number of amides is 2. The van der Waals surface area contributed by atoms with Gasteiger partial charge in [0.25, 0.3) is 11.8 Å². The lowest BCUT2D eigenvalue weighted by atomic mass is 10.0. The van der Waals surface area contributed by atoms with Crippen LogP contribution in [0.15, 0.2) is 18.3 Å². The predicted octanol–water partition coefficient (Wildman–Crippen LogP) is 2.43. The highest BCUT2D eigenvalue weighted by molar-refractivity contribution is 5.90. The molecule has 2 heterocycles. The highest BCUT2D eigenvalue weighted by Crippen LogP contribution is 2.33. The molecule has 0 unspecified atom stereocenters. The normalized spacial score (nSPS) is 17.6. The third kappa shape index (κ3) is 11.0. The number of hydrogen-bond acceptors (Lipinski definition) is 10. The Balaban J connectivity index is 1.81. The van der Waals surface area contributed by atoms with Crippen molar-refractivity contribution in [2.24, 2.45) is 11.8 Å². The molecule has 4 atom stereocenters. The van der Waals surface area contributed by atoms with E-state index < -0.39 is 42.1 Å². The van der Waals surface area contributed by atoms with Gasteiger partial charge in [0.1, 0.15) is 17.9 Å². The minimum Gasteiger partial charge on any atom is -0.451 e. The molecule has 12 heteroatoms. The second kappa shape index (κ2) is 17.4. The van der Waals surface area contributed by atoms with E-state index in [-0.39, 0.29) is 18.2 Å². The molecule has 2 fully saturated rings. The van der Waals surface area contributed by atoms with Gasteiger partial charge in [0.15, 0.2) is 12.2 Å². The lowest BCUT2D eigenvalue weighted by molar-refractivity contribution is -0.169. The van der Waals surface area contributed by atoms with Crippen molar-refractivity contribution in [1.29, 1.82) is 0 Å². The van der Waals surface area contributed by atoms with Crippen molar-refractivity contribution in [2.75, 3.05) is 58.9 Å². The predicted molar refractivity (Wildman–Crippen MR) is 171 cm³/mol. The maximum Gasteiger partial charge on any atom is 0.329 e. The van der Waals surface area contributed by atoms with Crippen LogP contribution in [-0.4, -0.2) is 117 Å². The van der Waals surface area contributed by atoms with E-state index in [9.17, 15) is 19.2 Å². The van der Waals surface area contributed by atoms with Crippen molar-refractivity contribution in [3.8, 4) is 0 Å². The van der Waals surface area contributed by atoms with E-state index in [0.29, 0.717) is 38.5 Å². The Morgan fingerprint density at radius 1 is 1.04 bits per heavy atom. The molecule has 0 radical (unpaired) electrons. The molecule has 0 aromatic carbocycles. The molecule has 1 aliphatic carbocycles. The Hall–Kier alpha value is -3.25. The van der Waals surface area contributed by atoms with Crippen molar-refractivity contribution < 1.29 is 33.4 Å². The monoisotopic (exact) mass is 631 g/mol. The van der Waals surface area contributed by atoms with Crippen LogP contribution < -0.4 is 10.2 Å². The van der Waals surface area contributed by atoms with E-state index >= 15 is 0 Å². The van der Waals surface area contributed by atoms with E-state index in [0.717, 1.165) is 43.7 Å². The molecule has 1 saturated carbocycles. The average Bonchev–Trinajstić information content (AvgIpc) is 3.86. The van der Waals surface area contributed by atoms with Gasteiger partial charge in [-0.05, 0) is 56.7 Å². The van der Waals surface area contributed by atoms with E-state index in [1.807, 2.05) is 32.9 Å². The van der Waals surface area contributed by atoms with Crippen LogP contribution in [0.3, 0.4) is 0 Å². The number of morpholine rings is 1. The molecule has 0 bridgehead atoms. The van der Waals surface area contributed by atoms with Crippen molar-refractivity contribution >= 4 is 29.6 Å². The Morgan fingerprint density at radius 3 is 2.29 bits per heavy atom. The summed E-state index contributed by atoms with van der Waals surface area (Å²) in [5.74, 6) is -0.690. The highest BCUT2D eigenvalue weighted by Gasteiger charge is 2.38. The molecule has 1 aromatic rings. The maximum absolute atomic E-state index is 14.1. The summed E-state index contributed by atoms with van der Waals surface area (Å²) in [6.07, 6.45) is 3.46. The summed E-state index contributed by atoms with van der Waals surface area (Å²) >= 11 is 0. The number of ether oxygens (including phenoxy) is 3. The van der Waals surface area contributed by atoms with E-state index in [1.165, 1.54) is 23.8 Å².